The first kappa shape index (κ1) is 12.1. The number of carbonyl (C=O) groups is 1. The average molecular weight is 274 g/mol. The summed E-state index contributed by atoms with van der Waals surface area (Å²) in [7, 11) is 0. The van der Waals surface area contributed by atoms with E-state index in [1.807, 2.05) is 24.3 Å². The number of carboxylic acid groups (broad SMARTS) is 1. The van der Waals surface area contributed by atoms with Gasteiger partial charge in [-0.3, -0.25) is 0 Å². The quantitative estimate of drug-likeness (QED) is 0.751. The largest absolute Gasteiger partial charge is 0.479 e. The Labute approximate surface area is 113 Å². The average Bonchev–Trinajstić information content (AvgIpc) is 2.43. The number of ether oxygens (including phenoxy) is 1. The molecule has 0 aliphatic carbocycles. The highest BCUT2D eigenvalue weighted by molar-refractivity contribution is 7.99. The summed E-state index contributed by atoms with van der Waals surface area (Å²) < 4.78 is 5.72. The molecule has 1 aliphatic heterocycles. The van der Waals surface area contributed by atoms with Crippen LogP contribution >= 0.6 is 11.8 Å². The molecule has 4 nitrogen and oxygen atoms in total. The number of hydrogen-bond donors (Lipinski definition) is 2. The molecule has 0 spiro atoms. The third kappa shape index (κ3) is 2.18. The van der Waals surface area contributed by atoms with Crippen LogP contribution in [0.1, 0.15) is 11.7 Å². The van der Waals surface area contributed by atoms with Gasteiger partial charge in [0, 0.05) is 0 Å². The minimum atomic E-state index is -1.51. The van der Waals surface area contributed by atoms with Crippen molar-refractivity contribution in [2.75, 3.05) is 0 Å². The monoisotopic (exact) mass is 274 g/mol. The number of fused-ring (bicyclic) bond motifs is 2. The molecule has 1 aliphatic rings. The van der Waals surface area contributed by atoms with Crippen molar-refractivity contribution in [1.29, 1.82) is 0 Å². The molecule has 0 bridgehead atoms. The van der Waals surface area contributed by atoms with Crippen LogP contribution in [0.5, 0.6) is 11.5 Å². The molecule has 0 saturated carbocycles. The number of aliphatic hydroxyl groups is 1. The standard InChI is InChI=1S/C14H10O4S/c15-13(14(16)17)8-5-6-10-12(7-8)19-11-4-2-1-3-9(11)18-10/h1-7,13,15H,(H,16,17). The fourth-order valence-electron chi connectivity index (χ4n) is 1.86. The van der Waals surface area contributed by atoms with E-state index >= 15 is 0 Å². The maximum absolute atomic E-state index is 10.8. The van der Waals surface area contributed by atoms with Crippen LogP contribution in [-0.4, -0.2) is 16.2 Å². The maximum atomic E-state index is 10.8. The van der Waals surface area contributed by atoms with E-state index < -0.39 is 12.1 Å². The molecule has 3 rings (SSSR count). The first-order valence-corrected chi connectivity index (χ1v) is 6.46. The van der Waals surface area contributed by atoms with E-state index in [1.165, 1.54) is 11.8 Å². The van der Waals surface area contributed by atoms with Gasteiger partial charge in [0.1, 0.15) is 11.5 Å². The van der Waals surface area contributed by atoms with Gasteiger partial charge in [0.15, 0.2) is 6.10 Å². The fraction of sp³-hybridized carbons (Fsp3) is 0.0714. The van der Waals surface area contributed by atoms with Gasteiger partial charge >= 0.3 is 5.97 Å². The number of hydrogen-bond acceptors (Lipinski definition) is 4. The number of para-hydroxylation sites is 1. The summed E-state index contributed by atoms with van der Waals surface area (Å²) in [6.45, 7) is 0. The molecule has 96 valence electrons. The van der Waals surface area contributed by atoms with E-state index in [4.69, 9.17) is 9.84 Å². The molecular weight excluding hydrogens is 264 g/mol. The summed E-state index contributed by atoms with van der Waals surface area (Å²) in [6, 6.07) is 12.5. The Kier molecular flexibility index (Phi) is 2.93. The molecule has 0 amide bonds. The van der Waals surface area contributed by atoms with E-state index in [0.717, 1.165) is 15.5 Å². The van der Waals surface area contributed by atoms with Crippen molar-refractivity contribution >= 4 is 17.7 Å². The SMILES string of the molecule is O=C(O)C(O)c1ccc2c(c1)Sc1ccccc1O2. The maximum Gasteiger partial charge on any atom is 0.337 e. The van der Waals surface area contributed by atoms with Crippen LogP contribution in [0.25, 0.3) is 0 Å². The molecule has 0 radical (unpaired) electrons. The molecular formula is C14H10O4S. The summed E-state index contributed by atoms with van der Waals surface area (Å²) >= 11 is 1.50. The Balaban J connectivity index is 1.98. The van der Waals surface area contributed by atoms with Gasteiger partial charge in [-0.15, -0.1) is 0 Å². The van der Waals surface area contributed by atoms with E-state index in [-0.39, 0.29) is 0 Å². The smallest absolute Gasteiger partial charge is 0.337 e. The van der Waals surface area contributed by atoms with Crippen LogP contribution in [0.15, 0.2) is 52.3 Å². The summed E-state index contributed by atoms with van der Waals surface area (Å²) in [5.41, 5.74) is 0.349. The van der Waals surface area contributed by atoms with Gasteiger partial charge in [-0.05, 0) is 29.8 Å². The fourth-order valence-corrected chi connectivity index (χ4v) is 2.86. The normalized spacial score (nSPS) is 13.9. The van der Waals surface area contributed by atoms with Crippen molar-refractivity contribution in [1.82, 2.24) is 0 Å². The summed E-state index contributed by atoms with van der Waals surface area (Å²) in [5.74, 6) is 0.193. The minimum absolute atomic E-state index is 0.349. The second-order valence-electron chi connectivity index (χ2n) is 4.10. The Morgan fingerprint density at radius 1 is 1.11 bits per heavy atom. The summed E-state index contributed by atoms with van der Waals surface area (Å²) in [6.07, 6.45) is -1.51. The van der Waals surface area contributed by atoms with Gasteiger partial charge < -0.3 is 14.9 Å². The van der Waals surface area contributed by atoms with Gasteiger partial charge in [-0.2, -0.15) is 0 Å². The third-order valence-electron chi connectivity index (χ3n) is 2.81. The molecule has 1 unspecified atom stereocenters. The van der Waals surface area contributed by atoms with Gasteiger partial charge in [0.05, 0.1) is 9.79 Å². The molecule has 1 heterocycles. The molecule has 0 aromatic heterocycles. The molecule has 2 aromatic rings. The van der Waals surface area contributed by atoms with Crippen molar-refractivity contribution in [3.05, 3.63) is 48.0 Å². The van der Waals surface area contributed by atoms with Crippen molar-refractivity contribution < 1.29 is 19.7 Å². The number of rotatable bonds is 2. The van der Waals surface area contributed by atoms with Crippen molar-refractivity contribution in [3.8, 4) is 11.5 Å². The Hall–Kier alpha value is -1.98. The third-order valence-corrected chi connectivity index (χ3v) is 3.90. The van der Waals surface area contributed by atoms with Crippen LogP contribution < -0.4 is 4.74 Å². The Morgan fingerprint density at radius 2 is 1.84 bits per heavy atom. The van der Waals surface area contributed by atoms with Crippen LogP contribution in [0.4, 0.5) is 0 Å². The predicted molar refractivity (Wildman–Crippen MR) is 69.7 cm³/mol. The lowest BCUT2D eigenvalue weighted by Gasteiger charge is -2.20. The first-order chi connectivity index (χ1) is 9.15. The second kappa shape index (κ2) is 4.60. The highest BCUT2D eigenvalue weighted by Gasteiger charge is 2.21. The second-order valence-corrected chi connectivity index (χ2v) is 5.18. The topological polar surface area (TPSA) is 66.8 Å². The molecule has 19 heavy (non-hydrogen) atoms. The van der Waals surface area contributed by atoms with E-state index in [0.29, 0.717) is 11.3 Å². The van der Waals surface area contributed by atoms with Crippen molar-refractivity contribution in [3.63, 3.8) is 0 Å². The van der Waals surface area contributed by atoms with Gasteiger partial charge in [-0.1, -0.05) is 30.0 Å². The number of carboxylic acids is 1. The van der Waals surface area contributed by atoms with Crippen LogP contribution in [0.3, 0.4) is 0 Å². The molecule has 5 heteroatoms. The first-order valence-electron chi connectivity index (χ1n) is 5.65. The molecule has 0 fully saturated rings. The lowest BCUT2D eigenvalue weighted by molar-refractivity contribution is -0.146. The predicted octanol–water partition coefficient (Wildman–Crippen LogP) is 3.06. The van der Waals surface area contributed by atoms with Gasteiger partial charge in [-0.25, -0.2) is 4.79 Å². The Morgan fingerprint density at radius 3 is 2.63 bits per heavy atom. The van der Waals surface area contributed by atoms with E-state index in [2.05, 4.69) is 0 Å². The summed E-state index contributed by atoms with van der Waals surface area (Å²) in [4.78, 5) is 12.5. The van der Waals surface area contributed by atoms with Crippen LogP contribution in [0, 0.1) is 0 Å². The van der Waals surface area contributed by atoms with Gasteiger partial charge in [0.25, 0.3) is 0 Å². The zero-order valence-corrected chi connectivity index (χ0v) is 10.6. The molecule has 1 atom stereocenters. The number of aliphatic carboxylic acids is 1. The van der Waals surface area contributed by atoms with Crippen molar-refractivity contribution in [2.45, 2.75) is 15.9 Å². The molecule has 0 saturated heterocycles. The minimum Gasteiger partial charge on any atom is -0.479 e. The molecule has 2 N–H and O–H groups in total. The van der Waals surface area contributed by atoms with Crippen molar-refractivity contribution in [2.24, 2.45) is 0 Å². The van der Waals surface area contributed by atoms with Crippen LogP contribution in [0.2, 0.25) is 0 Å². The number of benzene rings is 2. The Bertz CT molecular complexity index is 654. The van der Waals surface area contributed by atoms with Gasteiger partial charge in [0.2, 0.25) is 0 Å². The highest BCUT2D eigenvalue weighted by Crippen LogP contribution is 2.47. The van der Waals surface area contributed by atoms with Crippen LogP contribution in [-0.2, 0) is 4.79 Å². The van der Waals surface area contributed by atoms with E-state index in [1.54, 1.807) is 18.2 Å². The molecule has 2 aromatic carbocycles. The lowest BCUT2D eigenvalue weighted by atomic mass is 10.1. The summed E-state index contributed by atoms with van der Waals surface area (Å²) in [5, 5.41) is 18.4. The highest BCUT2D eigenvalue weighted by atomic mass is 32.2. The van der Waals surface area contributed by atoms with E-state index in [9.17, 15) is 9.90 Å². The number of aliphatic hydroxyl groups excluding tert-OH is 1. The zero-order chi connectivity index (χ0) is 13.4. The zero-order valence-electron chi connectivity index (χ0n) is 9.74. The lowest BCUT2D eigenvalue weighted by Crippen LogP contribution is -2.10.